The van der Waals surface area contributed by atoms with Gasteiger partial charge in [0.1, 0.15) is 18.2 Å². The highest BCUT2D eigenvalue weighted by Crippen LogP contribution is 2.44. The van der Waals surface area contributed by atoms with E-state index in [9.17, 15) is 19.5 Å². The zero-order valence-electron chi connectivity index (χ0n) is 18.3. The third kappa shape index (κ3) is 3.83. The van der Waals surface area contributed by atoms with Crippen molar-refractivity contribution in [3.8, 4) is 11.1 Å². The number of nitrogens with one attached hydrogen (secondary N) is 1. The van der Waals surface area contributed by atoms with Crippen LogP contribution in [-0.4, -0.2) is 53.2 Å². The highest BCUT2D eigenvalue weighted by Gasteiger charge is 2.56. The number of rotatable bonds is 8. The van der Waals surface area contributed by atoms with E-state index in [1.807, 2.05) is 43.3 Å². The van der Waals surface area contributed by atoms with Gasteiger partial charge in [-0.05, 0) is 41.5 Å². The molecule has 1 saturated carbocycles. The lowest BCUT2D eigenvalue weighted by atomic mass is 9.98. The first-order valence-electron chi connectivity index (χ1n) is 11.0. The van der Waals surface area contributed by atoms with Gasteiger partial charge in [0.15, 0.2) is 0 Å². The Bertz CT molecular complexity index is 1000. The van der Waals surface area contributed by atoms with E-state index in [2.05, 4.69) is 17.4 Å². The number of carboxylic acid groups (broad SMARTS) is 1. The van der Waals surface area contributed by atoms with Crippen LogP contribution < -0.4 is 5.32 Å². The van der Waals surface area contributed by atoms with Gasteiger partial charge < -0.3 is 20.1 Å². The number of alkyl carbamates (subject to hydrolysis) is 1. The van der Waals surface area contributed by atoms with Crippen LogP contribution in [0, 0.1) is 0 Å². The number of carbonyl (C=O) groups is 3. The monoisotopic (exact) mass is 436 g/mol. The van der Waals surface area contributed by atoms with E-state index in [1.54, 1.807) is 0 Å². The largest absolute Gasteiger partial charge is 0.479 e. The van der Waals surface area contributed by atoms with Gasteiger partial charge in [-0.25, -0.2) is 9.59 Å². The summed E-state index contributed by atoms with van der Waals surface area (Å²) in [4.78, 5) is 38.4. The Balaban J connectivity index is 1.43. The SMILES string of the molecule is CCC[C@H](NC(=O)OCC1c2ccccc2-c2ccccc21)C(=O)N(C)C1(C(=O)O)CC1. The molecule has 32 heavy (non-hydrogen) atoms. The number of ether oxygens (including phenoxy) is 1. The molecule has 2 amide bonds. The van der Waals surface area contributed by atoms with Gasteiger partial charge >= 0.3 is 12.1 Å². The molecule has 2 aliphatic rings. The number of hydrogen-bond donors (Lipinski definition) is 2. The first kappa shape index (κ1) is 21.9. The Kier molecular flexibility index (Phi) is 5.91. The molecule has 2 aliphatic carbocycles. The van der Waals surface area contributed by atoms with E-state index in [1.165, 1.54) is 11.9 Å². The van der Waals surface area contributed by atoms with Gasteiger partial charge in [0.2, 0.25) is 5.91 Å². The average molecular weight is 437 g/mol. The zero-order chi connectivity index (χ0) is 22.9. The number of carboxylic acids is 1. The van der Waals surface area contributed by atoms with Crippen LogP contribution in [0.1, 0.15) is 49.7 Å². The van der Waals surface area contributed by atoms with E-state index in [-0.39, 0.29) is 12.5 Å². The van der Waals surface area contributed by atoms with Gasteiger partial charge in [-0.15, -0.1) is 0 Å². The molecular weight excluding hydrogens is 408 g/mol. The summed E-state index contributed by atoms with van der Waals surface area (Å²) in [6.45, 7) is 2.06. The summed E-state index contributed by atoms with van der Waals surface area (Å²) in [5, 5.41) is 12.1. The van der Waals surface area contributed by atoms with Crippen LogP contribution in [-0.2, 0) is 14.3 Å². The molecule has 0 radical (unpaired) electrons. The highest BCUT2D eigenvalue weighted by atomic mass is 16.5. The molecule has 0 bridgehead atoms. The Morgan fingerprint density at radius 1 is 1.09 bits per heavy atom. The van der Waals surface area contributed by atoms with E-state index in [0.29, 0.717) is 25.7 Å². The fourth-order valence-electron chi connectivity index (χ4n) is 4.58. The van der Waals surface area contributed by atoms with E-state index in [4.69, 9.17) is 4.74 Å². The molecule has 2 N–H and O–H groups in total. The topological polar surface area (TPSA) is 95.9 Å². The Morgan fingerprint density at radius 3 is 2.16 bits per heavy atom. The van der Waals surface area contributed by atoms with Crippen molar-refractivity contribution in [3.63, 3.8) is 0 Å². The van der Waals surface area contributed by atoms with Crippen molar-refractivity contribution in [2.45, 2.75) is 50.1 Å². The summed E-state index contributed by atoms with van der Waals surface area (Å²) in [7, 11) is 1.49. The van der Waals surface area contributed by atoms with Crippen molar-refractivity contribution >= 4 is 18.0 Å². The second kappa shape index (κ2) is 8.65. The van der Waals surface area contributed by atoms with Crippen LogP contribution in [0.4, 0.5) is 4.79 Å². The van der Waals surface area contributed by atoms with E-state index in [0.717, 1.165) is 22.3 Å². The number of likely N-dealkylation sites (N-methyl/N-ethyl adjacent to an activating group) is 1. The number of fused-ring (bicyclic) bond motifs is 3. The highest BCUT2D eigenvalue weighted by molar-refractivity contribution is 5.93. The zero-order valence-corrected chi connectivity index (χ0v) is 18.3. The molecule has 2 aromatic carbocycles. The van der Waals surface area contributed by atoms with Crippen molar-refractivity contribution in [1.82, 2.24) is 10.2 Å². The maximum atomic E-state index is 12.9. The first-order chi connectivity index (χ1) is 15.4. The minimum Gasteiger partial charge on any atom is -0.479 e. The third-order valence-corrected chi connectivity index (χ3v) is 6.61. The van der Waals surface area contributed by atoms with Crippen molar-refractivity contribution < 1.29 is 24.2 Å². The number of aliphatic carboxylic acids is 1. The Labute approximate surface area is 187 Å². The summed E-state index contributed by atoms with van der Waals surface area (Å²) in [5.74, 6) is -1.48. The maximum Gasteiger partial charge on any atom is 0.407 e. The van der Waals surface area contributed by atoms with Crippen LogP contribution in [0.15, 0.2) is 48.5 Å². The first-order valence-corrected chi connectivity index (χ1v) is 11.0. The molecule has 0 unspecified atom stereocenters. The molecule has 1 atom stereocenters. The number of benzene rings is 2. The van der Waals surface area contributed by atoms with Crippen molar-refractivity contribution in [2.24, 2.45) is 0 Å². The van der Waals surface area contributed by atoms with Gasteiger partial charge in [0.05, 0.1) is 0 Å². The minimum absolute atomic E-state index is 0.0714. The second-order valence-electron chi connectivity index (χ2n) is 8.55. The number of amides is 2. The quantitative estimate of drug-likeness (QED) is 0.657. The van der Waals surface area contributed by atoms with Crippen molar-refractivity contribution in [1.29, 1.82) is 0 Å². The predicted molar refractivity (Wildman–Crippen MR) is 119 cm³/mol. The fraction of sp³-hybridized carbons (Fsp3) is 0.400. The third-order valence-electron chi connectivity index (χ3n) is 6.61. The van der Waals surface area contributed by atoms with Crippen LogP contribution in [0.3, 0.4) is 0 Å². The van der Waals surface area contributed by atoms with Gasteiger partial charge in [0.25, 0.3) is 0 Å². The molecule has 0 heterocycles. The summed E-state index contributed by atoms with van der Waals surface area (Å²) < 4.78 is 5.56. The molecule has 7 nitrogen and oxygen atoms in total. The smallest absolute Gasteiger partial charge is 0.407 e. The van der Waals surface area contributed by atoms with Crippen LogP contribution in [0.2, 0.25) is 0 Å². The molecule has 168 valence electrons. The van der Waals surface area contributed by atoms with Crippen molar-refractivity contribution in [3.05, 3.63) is 59.7 Å². The molecule has 1 fully saturated rings. The van der Waals surface area contributed by atoms with E-state index >= 15 is 0 Å². The molecule has 7 heteroatoms. The lowest BCUT2D eigenvalue weighted by Crippen LogP contribution is -2.53. The normalized spacial score (nSPS) is 16.4. The lowest BCUT2D eigenvalue weighted by molar-refractivity contribution is -0.151. The number of hydrogen-bond acceptors (Lipinski definition) is 4. The van der Waals surface area contributed by atoms with Crippen LogP contribution in [0.5, 0.6) is 0 Å². The summed E-state index contributed by atoms with van der Waals surface area (Å²) in [5.41, 5.74) is 3.35. The molecule has 0 saturated heterocycles. The molecule has 2 aromatic rings. The molecule has 0 aromatic heterocycles. The van der Waals surface area contributed by atoms with Gasteiger partial charge in [-0.1, -0.05) is 61.9 Å². The number of carbonyl (C=O) groups excluding carboxylic acids is 2. The molecule has 0 aliphatic heterocycles. The average Bonchev–Trinajstić information content (AvgIpc) is 3.55. The summed E-state index contributed by atoms with van der Waals surface area (Å²) >= 11 is 0. The molecular formula is C25H28N2O5. The van der Waals surface area contributed by atoms with Gasteiger partial charge in [0, 0.05) is 13.0 Å². The lowest BCUT2D eigenvalue weighted by Gasteiger charge is -2.29. The molecule has 4 rings (SSSR count). The Morgan fingerprint density at radius 2 is 1.66 bits per heavy atom. The molecule has 0 spiro atoms. The minimum atomic E-state index is -1.15. The number of nitrogens with zero attached hydrogens (tertiary/aromatic N) is 1. The van der Waals surface area contributed by atoms with E-state index < -0.39 is 29.6 Å². The van der Waals surface area contributed by atoms with Crippen LogP contribution >= 0.6 is 0 Å². The Hall–Kier alpha value is -3.35. The summed E-state index contributed by atoms with van der Waals surface area (Å²) in [6, 6.07) is 15.3. The maximum absolute atomic E-state index is 12.9. The predicted octanol–water partition coefficient (Wildman–Crippen LogP) is 3.77. The van der Waals surface area contributed by atoms with Crippen molar-refractivity contribution in [2.75, 3.05) is 13.7 Å². The summed E-state index contributed by atoms with van der Waals surface area (Å²) in [6.07, 6.45) is 1.24. The van der Waals surface area contributed by atoms with Crippen LogP contribution in [0.25, 0.3) is 11.1 Å². The van der Waals surface area contributed by atoms with Gasteiger partial charge in [-0.3, -0.25) is 4.79 Å². The fourth-order valence-corrected chi connectivity index (χ4v) is 4.58. The van der Waals surface area contributed by atoms with Gasteiger partial charge in [-0.2, -0.15) is 0 Å². The second-order valence-corrected chi connectivity index (χ2v) is 8.55. The standard InChI is InChI=1S/C25H28N2O5/c1-3-8-21(22(28)27(2)25(13-14-25)23(29)30)26-24(31)32-15-20-18-11-6-4-9-16(18)17-10-5-7-12-19(17)20/h4-7,9-12,20-21H,3,8,13-15H2,1-2H3,(H,26,31)(H,29,30)/t21-/m0/s1.